The van der Waals surface area contributed by atoms with Gasteiger partial charge in [0.1, 0.15) is 11.7 Å². The molecule has 1 saturated heterocycles. The van der Waals surface area contributed by atoms with Crippen molar-refractivity contribution in [1.82, 2.24) is 25.7 Å². The van der Waals surface area contributed by atoms with Crippen LogP contribution in [0, 0.1) is 0 Å². The predicted molar refractivity (Wildman–Crippen MR) is 168 cm³/mol. The van der Waals surface area contributed by atoms with Gasteiger partial charge in [-0.2, -0.15) is 0 Å². The minimum atomic E-state index is 0.668. The molecule has 1 fully saturated rings. The van der Waals surface area contributed by atoms with E-state index in [0.717, 1.165) is 69.5 Å². The Labute approximate surface area is 232 Å². The van der Waals surface area contributed by atoms with Gasteiger partial charge in [-0.3, -0.25) is 0 Å². The van der Waals surface area contributed by atoms with Crippen molar-refractivity contribution in [2.75, 3.05) is 62.7 Å². The number of nitrogens with one attached hydrogen (secondary N) is 2. The third-order valence-electron chi connectivity index (χ3n) is 5.98. The number of rotatable bonds is 10. The summed E-state index contributed by atoms with van der Waals surface area (Å²) in [7, 11) is 2.16. The molecule has 1 aliphatic rings. The number of amidine groups is 1. The monoisotopic (exact) mass is 524 g/mol. The molecule has 0 aliphatic carbocycles. The molecule has 8 heteroatoms. The number of hydrogen-bond donors (Lipinski definition) is 2. The molecular formula is C30H52N8. The van der Waals surface area contributed by atoms with Gasteiger partial charge < -0.3 is 20.1 Å². The minimum Gasteiger partial charge on any atom is -0.372 e. The van der Waals surface area contributed by atoms with Gasteiger partial charge in [-0.1, -0.05) is 59.8 Å². The van der Waals surface area contributed by atoms with Crippen molar-refractivity contribution in [2.24, 2.45) is 4.99 Å². The molecule has 0 amide bonds. The summed E-state index contributed by atoms with van der Waals surface area (Å²) in [6.45, 7) is 23.3. The van der Waals surface area contributed by atoms with Crippen molar-refractivity contribution >= 4 is 35.3 Å². The van der Waals surface area contributed by atoms with E-state index in [2.05, 4.69) is 83.7 Å². The number of piperazine rings is 1. The highest BCUT2D eigenvalue weighted by molar-refractivity contribution is 5.84. The molecule has 0 spiro atoms. The Morgan fingerprint density at radius 1 is 0.921 bits per heavy atom. The number of aromatic nitrogens is 2. The fourth-order valence-corrected chi connectivity index (χ4v) is 3.85. The maximum absolute atomic E-state index is 4.86. The largest absolute Gasteiger partial charge is 0.372 e. The fourth-order valence-electron chi connectivity index (χ4n) is 3.85. The zero-order chi connectivity index (χ0) is 28.3. The van der Waals surface area contributed by atoms with E-state index in [1.54, 1.807) is 0 Å². The number of hydrogen-bond acceptors (Lipinski definition) is 7. The lowest BCUT2D eigenvalue weighted by Gasteiger charge is -2.33. The summed E-state index contributed by atoms with van der Waals surface area (Å²) >= 11 is 0. The van der Waals surface area contributed by atoms with Crippen molar-refractivity contribution in [3.63, 3.8) is 0 Å². The second kappa shape index (κ2) is 19.2. The number of hydrazine groups is 1. The Morgan fingerprint density at radius 3 is 2.11 bits per heavy atom. The molecule has 0 unspecified atom stereocenters. The van der Waals surface area contributed by atoms with Crippen LogP contribution in [0.15, 0.2) is 35.3 Å². The zero-order valence-corrected chi connectivity index (χ0v) is 25.4. The smallest absolute Gasteiger partial charge is 0.160 e. The number of aliphatic imine (C=N–C) groups is 1. The maximum Gasteiger partial charge on any atom is 0.160 e. The molecule has 2 aromatic rings. The van der Waals surface area contributed by atoms with Crippen LogP contribution in [-0.2, 0) is 0 Å². The van der Waals surface area contributed by atoms with Crippen LogP contribution in [0.3, 0.4) is 0 Å². The molecule has 0 bridgehead atoms. The standard InChI is InChI=1S/C26H40N8.2C2H6/c1-6-23(31-27-7-2)28-25-20-26(34-18-16-32(5)17-19-34)30-24(29-25)15-12-21-10-13-22(14-11-21)33(8-3)9-4;2*1-2/h10-15,20,27H,6-9,16-19H2,1-5H3,(H,28,29,30,31);2*1-2H3/b15-12+;;. The van der Waals surface area contributed by atoms with Gasteiger partial charge in [0, 0.05) is 64.0 Å². The van der Waals surface area contributed by atoms with Crippen LogP contribution in [0.4, 0.5) is 17.3 Å². The van der Waals surface area contributed by atoms with E-state index in [4.69, 9.17) is 15.0 Å². The molecule has 3 rings (SSSR count). The van der Waals surface area contributed by atoms with Crippen LogP contribution in [-0.4, -0.2) is 73.6 Å². The average molecular weight is 525 g/mol. The number of nitrogens with zero attached hydrogens (tertiary/aromatic N) is 6. The third-order valence-corrected chi connectivity index (χ3v) is 5.98. The molecule has 8 nitrogen and oxygen atoms in total. The van der Waals surface area contributed by atoms with Crippen molar-refractivity contribution < 1.29 is 0 Å². The summed E-state index contributed by atoms with van der Waals surface area (Å²) < 4.78 is 0. The van der Waals surface area contributed by atoms with Crippen LogP contribution in [0.25, 0.3) is 12.2 Å². The minimum absolute atomic E-state index is 0.668. The first-order valence-corrected chi connectivity index (χ1v) is 14.5. The van der Waals surface area contributed by atoms with Gasteiger partial charge in [-0.25, -0.2) is 20.4 Å². The van der Waals surface area contributed by atoms with Gasteiger partial charge in [0.2, 0.25) is 0 Å². The Balaban J connectivity index is 0.00000172. The Hall–Kier alpha value is -2.97. The van der Waals surface area contributed by atoms with E-state index in [0.29, 0.717) is 11.6 Å². The first-order chi connectivity index (χ1) is 18.6. The second-order valence-electron chi connectivity index (χ2n) is 8.40. The van der Waals surface area contributed by atoms with E-state index in [1.807, 2.05) is 46.8 Å². The summed E-state index contributed by atoms with van der Waals surface area (Å²) in [6, 6.07) is 10.6. The topological polar surface area (TPSA) is 71.9 Å². The third kappa shape index (κ3) is 10.8. The molecule has 0 radical (unpaired) electrons. The summed E-state index contributed by atoms with van der Waals surface area (Å²) in [4.78, 5) is 21.4. The summed E-state index contributed by atoms with van der Waals surface area (Å²) in [5.74, 6) is 3.12. The quantitative estimate of drug-likeness (QED) is 0.229. The molecule has 0 saturated carbocycles. The van der Waals surface area contributed by atoms with Crippen molar-refractivity contribution in [3.05, 3.63) is 41.7 Å². The second-order valence-corrected chi connectivity index (χ2v) is 8.40. The van der Waals surface area contributed by atoms with Crippen molar-refractivity contribution in [2.45, 2.75) is 61.8 Å². The lowest BCUT2D eigenvalue weighted by atomic mass is 10.2. The Kier molecular flexibility index (Phi) is 16.7. The molecule has 2 heterocycles. The first-order valence-electron chi connectivity index (χ1n) is 14.5. The van der Waals surface area contributed by atoms with E-state index in [1.165, 1.54) is 5.69 Å². The number of anilines is 2. The zero-order valence-electron chi connectivity index (χ0n) is 25.4. The van der Waals surface area contributed by atoms with E-state index in [-0.39, 0.29) is 0 Å². The van der Waals surface area contributed by atoms with Gasteiger partial charge in [0.05, 0.1) is 0 Å². The highest BCUT2D eigenvalue weighted by Gasteiger charge is 2.17. The molecule has 212 valence electrons. The van der Waals surface area contributed by atoms with Gasteiger partial charge in [-0.05, 0) is 44.7 Å². The normalized spacial score (nSPS) is 13.9. The predicted octanol–water partition coefficient (Wildman–Crippen LogP) is 5.85. The van der Waals surface area contributed by atoms with Crippen LogP contribution in [0.5, 0.6) is 0 Å². The van der Waals surface area contributed by atoms with Gasteiger partial charge >= 0.3 is 0 Å². The Bertz CT molecular complexity index is 943. The van der Waals surface area contributed by atoms with Crippen LogP contribution < -0.4 is 20.7 Å². The average Bonchev–Trinajstić information content (AvgIpc) is 2.98. The molecule has 2 N–H and O–H groups in total. The van der Waals surface area contributed by atoms with E-state index in [9.17, 15) is 0 Å². The van der Waals surface area contributed by atoms with Gasteiger partial charge in [0.25, 0.3) is 0 Å². The molecular weight excluding hydrogens is 472 g/mol. The van der Waals surface area contributed by atoms with Crippen LogP contribution in [0.2, 0.25) is 0 Å². The molecule has 38 heavy (non-hydrogen) atoms. The first kappa shape index (κ1) is 33.1. The maximum atomic E-state index is 4.86. The highest BCUT2D eigenvalue weighted by Crippen LogP contribution is 2.22. The molecule has 0 atom stereocenters. The van der Waals surface area contributed by atoms with Crippen molar-refractivity contribution in [3.8, 4) is 0 Å². The number of benzene rings is 1. The summed E-state index contributed by atoms with van der Waals surface area (Å²) in [6.07, 6.45) is 4.83. The molecule has 1 aromatic carbocycles. The van der Waals surface area contributed by atoms with E-state index < -0.39 is 0 Å². The highest BCUT2D eigenvalue weighted by atomic mass is 15.4. The summed E-state index contributed by atoms with van der Waals surface area (Å²) in [5.41, 5.74) is 8.66. The lowest BCUT2D eigenvalue weighted by Crippen LogP contribution is -2.44. The SMILES string of the molecule is CC.CC.CCNN/C(CC)=N/c1cc(N2CCN(C)CC2)nc(/C=C/c2ccc(N(CC)CC)cc2)n1. The molecule has 1 aromatic heterocycles. The lowest BCUT2D eigenvalue weighted by molar-refractivity contribution is 0.312. The van der Waals surface area contributed by atoms with Crippen LogP contribution in [0.1, 0.15) is 73.2 Å². The summed E-state index contributed by atoms with van der Waals surface area (Å²) in [5, 5.41) is 0. The molecule has 1 aliphatic heterocycles. The van der Waals surface area contributed by atoms with Gasteiger partial charge in [-0.15, -0.1) is 0 Å². The number of likely N-dealkylation sites (N-methyl/N-ethyl adjacent to an activating group) is 1. The Morgan fingerprint density at radius 2 is 1.55 bits per heavy atom. The van der Waals surface area contributed by atoms with E-state index >= 15 is 0 Å². The van der Waals surface area contributed by atoms with Gasteiger partial charge in [0.15, 0.2) is 11.6 Å². The fraction of sp³-hybridized carbons (Fsp3) is 0.567. The van der Waals surface area contributed by atoms with Crippen molar-refractivity contribution in [1.29, 1.82) is 0 Å². The van der Waals surface area contributed by atoms with Crippen LogP contribution >= 0.6 is 0 Å².